The molecule has 8 nitrogen and oxygen atoms in total. The molecule has 1 unspecified atom stereocenters. The summed E-state index contributed by atoms with van der Waals surface area (Å²) in [6.07, 6.45) is 4.89. The zero-order valence-corrected chi connectivity index (χ0v) is 27.6. The van der Waals surface area contributed by atoms with E-state index in [0.717, 1.165) is 36.1 Å². The first kappa shape index (κ1) is 30.9. The summed E-state index contributed by atoms with van der Waals surface area (Å²) in [5.74, 6) is -0.0525. The van der Waals surface area contributed by atoms with Crippen LogP contribution in [0, 0.1) is 0 Å². The summed E-state index contributed by atoms with van der Waals surface area (Å²) in [5.41, 5.74) is 4.38. The van der Waals surface area contributed by atoms with Gasteiger partial charge in [-0.2, -0.15) is 0 Å². The van der Waals surface area contributed by atoms with E-state index in [-0.39, 0.29) is 47.8 Å². The van der Waals surface area contributed by atoms with Crippen molar-refractivity contribution in [2.75, 3.05) is 31.3 Å². The molecule has 0 aromatic heterocycles. The van der Waals surface area contributed by atoms with Crippen molar-refractivity contribution in [3.63, 3.8) is 0 Å². The number of nitrogens with zero attached hydrogens (tertiary/aromatic N) is 1. The standard InChI is InChI=1S/C32H46N4O4SSi/c1-32(2,3)42(5,6)40-28-20-39-27-17-25(28)35-24-14-13-21(16-23(24)27)18-33-31(38)34-19-30(37)36-15-9-11-26(36)22-10-7-8-12-29(22)41-4/h7-8,10,12-14,16,25-28,35H,9,11,15,17-20H2,1-6H3,(H2,33,34,38)/t25?,26-,27+,28+/m0/s1. The molecule has 2 aromatic carbocycles. The molecule has 10 heteroatoms. The Hall–Kier alpha value is -2.53. The van der Waals surface area contributed by atoms with E-state index in [9.17, 15) is 9.59 Å². The van der Waals surface area contributed by atoms with Gasteiger partial charge in [0.1, 0.15) is 0 Å². The number of rotatable bonds is 8. The van der Waals surface area contributed by atoms with Gasteiger partial charge in [0, 0.05) is 35.7 Å². The van der Waals surface area contributed by atoms with Crippen LogP contribution in [0.1, 0.15) is 68.9 Å². The Labute approximate surface area is 255 Å². The van der Waals surface area contributed by atoms with Crippen LogP contribution in [0.25, 0.3) is 0 Å². The molecule has 42 heavy (non-hydrogen) atoms. The molecule has 3 aliphatic heterocycles. The van der Waals surface area contributed by atoms with Crippen LogP contribution in [-0.2, 0) is 20.5 Å². The van der Waals surface area contributed by atoms with Crippen molar-refractivity contribution in [2.45, 2.75) is 93.9 Å². The van der Waals surface area contributed by atoms with Gasteiger partial charge in [0.15, 0.2) is 8.32 Å². The first-order valence-corrected chi connectivity index (χ1v) is 19.2. The van der Waals surface area contributed by atoms with E-state index >= 15 is 0 Å². The molecule has 2 fully saturated rings. The van der Waals surface area contributed by atoms with Crippen LogP contribution in [-0.4, -0.2) is 63.3 Å². The summed E-state index contributed by atoms with van der Waals surface area (Å²) in [7, 11) is -1.91. The Bertz CT molecular complexity index is 1300. The fraction of sp³-hybridized carbons (Fsp3) is 0.562. The fourth-order valence-corrected chi connectivity index (χ4v) is 7.97. The zero-order chi connectivity index (χ0) is 30.1. The Morgan fingerprint density at radius 1 is 1.14 bits per heavy atom. The van der Waals surface area contributed by atoms with Gasteiger partial charge in [-0.3, -0.25) is 4.79 Å². The summed E-state index contributed by atoms with van der Waals surface area (Å²) < 4.78 is 13.0. The van der Waals surface area contributed by atoms with Gasteiger partial charge in [0.25, 0.3) is 0 Å². The van der Waals surface area contributed by atoms with Gasteiger partial charge in [-0.1, -0.05) is 45.0 Å². The summed E-state index contributed by atoms with van der Waals surface area (Å²) >= 11 is 1.70. The number of benzene rings is 2. The number of fused-ring (bicyclic) bond motifs is 4. The molecule has 2 bridgehead atoms. The van der Waals surface area contributed by atoms with Gasteiger partial charge in [-0.15, -0.1) is 11.8 Å². The van der Waals surface area contributed by atoms with Crippen LogP contribution >= 0.6 is 11.8 Å². The van der Waals surface area contributed by atoms with Crippen molar-refractivity contribution < 1.29 is 18.8 Å². The minimum atomic E-state index is -1.91. The molecule has 3 heterocycles. The first-order valence-electron chi connectivity index (χ1n) is 15.1. The van der Waals surface area contributed by atoms with Crippen molar-refractivity contribution in [1.29, 1.82) is 0 Å². The second-order valence-electron chi connectivity index (χ2n) is 13.2. The topological polar surface area (TPSA) is 91.9 Å². The maximum atomic E-state index is 13.1. The predicted octanol–water partition coefficient (Wildman–Crippen LogP) is 6.22. The highest BCUT2D eigenvalue weighted by atomic mass is 32.2. The van der Waals surface area contributed by atoms with Crippen LogP contribution in [0.15, 0.2) is 47.4 Å². The number of urea groups is 1. The second-order valence-corrected chi connectivity index (χ2v) is 18.8. The van der Waals surface area contributed by atoms with Crippen molar-refractivity contribution in [3.05, 3.63) is 59.2 Å². The van der Waals surface area contributed by atoms with Gasteiger partial charge in [0.2, 0.25) is 5.91 Å². The van der Waals surface area contributed by atoms with Crippen LogP contribution in [0.5, 0.6) is 0 Å². The first-order chi connectivity index (χ1) is 20.0. The number of thioether (sulfide) groups is 1. The highest BCUT2D eigenvalue weighted by Crippen LogP contribution is 2.43. The molecule has 3 aliphatic rings. The number of carbonyl (C=O) groups excluding carboxylic acids is 2. The zero-order valence-electron chi connectivity index (χ0n) is 25.8. The van der Waals surface area contributed by atoms with Crippen molar-refractivity contribution >= 4 is 37.7 Å². The molecule has 3 amide bonds. The number of hydrogen-bond acceptors (Lipinski definition) is 6. The van der Waals surface area contributed by atoms with Gasteiger partial charge in [-0.25, -0.2) is 4.79 Å². The largest absolute Gasteiger partial charge is 0.409 e. The van der Waals surface area contributed by atoms with E-state index in [1.165, 1.54) is 10.5 Å². The predicted molar refractivity (Wildman–Crippen MR) is 171 cm³/mol. The quantitative estimate of drug-likeness (QED) is 0.243. The molecule has 0 spiro atoms. The number of anilines is 1. The maximum absolute atomic E-state index is 13.1. The minimum Gasteiger partial charge on any atom is -0.409 e. The molecule has 0 saturated carbocycles. The van der Waals surface area contributed by atoms with Gasteiger partial charge < -0.3 is 30.0 Å². The molecule has 4 atom stereocenters. The highest BCUT2D eigenvalue weighted by Gasteiger charge is 2.44. The fourth-order valence-electron chi connectivity index (χ4n) is 5.97. The Balaban J connectivity index is 1.13. The van der Waals surface area contributed by atoms with E-state index in [4.69, 9.17) is 9.16 Å². The Morgan fingerprint density at radius 3 is 2.69 bits per heavy atom. The number of nitrogens with one attached hydrogen (secondary N) is 3. The van der Waals surface area contributed by atoms with E-state index in [1.54, 1.807) is 11.8 Å². The van der Waals surface area contributed by atoms with Crippen molar-refractivity contribution in [2.24, 2.45) is 0 Å². The number of ether oxygens (including phenoxy) is 1. The molecule has 3 N–H and O–H groups in total. The molecule has 228 valence electrons. The number of amides is 3. The van der Waals surface area contributed by atoms with Gasteiger partial charge in [0.05, 0.1) is 37.4 Å². The third-order valence-electron chi connectivity index (χ3n) is 9.36. The number of carbonyl (C=O) groups is 2. The smallest absolute Gasteiger partial charge is 0.315 e. The maximum Gasteiger partial charge on any atom is 0.315 e. The normalized spacial score (nSPS) is 23.6. The summed E-state index contributed by atoms with van der Waals surface area (Å²) in [6.45, 7) is 13.0. The van der Waals surface area contributed by atoms with Crippen LogP contribution in [0.4, 0.5) is 10.5 Å². The van der Waals surface area contributed by atoms with Crippen LogP contribution < -0.4 is 16.0 Å². The lowest BCUT2D eigenvalue weighted by Crippen LogP contribution is -2.54. The lowest BCUT2D eigenvalue weighted by atomic mass is 9.89. The van der Waals surface area contributed by atoms with Crippen molar-refractivity contribution in [3.8, 4) is 0 Å². The summed E-state index contributed by atoms with van der Waals surface area (Å²) in [4.78, 5) is 28.8. The highest BCUT2D eigenvalue weighted by molar-refractivity contribution is 7.98. The SMILES string of the molecule is CSc1ccccc1[C@@H]1CCCN1C(=O)CNC(=O)NCc1ccc2c(c1)[C@H]1CC(N2)[C@H](O[Si](C)(C)C(C)(C)C)CO1. The van der Waals surface area contributed by atoms with E-state index < -0.39 is 8.32 Å². The van der Waals surface area contributed by atoms with E-state index in [0.29, 0.717) is 19.7 Å². The van der Waals surface area contributed by atoms with Crippen LogP contribution in [0.3, 0.4) is 0 Å². The van der Waals surface area contributed by atoms with E-state index in [2.05, 4.69) is 80.3 Å². The third-order valence-corrected chi connectivity index (χ3v) is 14.7. The average molecular weight is 611 g/mol. The summed E-state index contributed by atoms with van der Waals surface area (Å²) in [6, 6.07) is 14.4. The molecule has 0 aliphatic carbocycles. The molecular weight excluding hydrogens is 565 g/mol. The molecule has 0 radical (unpaired) electrons. The lowest BCUT2D eigenvalue weighted by Gasteiger charge is -2.47. The van der Waals surface area contributed by atoms with Gasteiger partial charge in [-0.05, 0) is 66.6 Å². The van der Waals surface area contributed by atoms with Crippen molar-refractivity contribution in [1.82, 2.24) is 15.5 Å². The number of hydrogen-bond donors (Lipinski definition) is 3. The summed E-state index contributed by atoms with van der Waals surface area (Å²) in [5, 5.41) is 9.53. The average Bonchev–Trinajstić information content (AvgIpc) is 3.45. The molecule has 2 aromatic rings. The Kier molecular flexibility index (Phi) is 9.27. The van der Waals surface area contributed by atoms with Gasteiger partial charge >= 0.3 is 6.03 Å². The molecular formula is C32H46N4O4SSi. The second kappa shape index (κ2) is 12.6. The monoisotopic (exact) mass is 610 g/mol. The Morgan fingerprint density at radius 2 is 1.93 bits per heavy atom. The minimum absolute atomic E-state index is 0.0153. The molecule has 5 rings (SSSR count). The third kappa shape index (κ3) is 6.66. The van der Waals surface area contributed by atoms with E-state index in [1.807, 2.05) is 23.1 Å². The molecule has 2 saturated heterocycles. The van der Waals surface area contributed by atoms with Crippen LogP contribution in [0.2, 0.25) is 18.1 Å². The number of likely N-dealkylation sites (tertiary alicyclic amines) is 1. The lowest BCUT2D eigenvalue weighted by molar-refractivity contribution is -0.131.